The molecule has 0 fully saturated rings. The SMILES string of the molecule is Cc1ccsc1C(CN)Sc1ccc(C(F)(F)F)cn1. The van der Waals surface area contributed by atoms with Gasteiger partial charge in [-0.1, -0.05) is 11.8 Å². The number of nitrogens with two attached hydrogens (primary N) is 1. The first kappa shape index (κ1) is 15.3. The van der Waals surface area contributed by atoms with Crippen LogP contribution in [-0.2, 0) is 6.18 Å². The number of hydrogen-bond donors (Lipinski definition) is 1. The lowest BCUT2D eigenvalue weighted by molar-refractivity contribution is -0.137. The van der Waals surface area contributed by atoms with E-state index in [1.54, 1.807) is 11.3 Å². The fourth-order valence-electron chi connectivity index (χ4n) is 1.69. The molecule has 0 amide bonds. The lowest BCUT2D eigenvalue weighted by Crippen LogP contribution is -2.09. The monoisotopic (exact) mass is 318 g/mol. The summed E-state index contributed by atoms with van der Waals surface area (Å²) in [5.41, 5.74) is 6.16. The highest BCUT2D eigenvalue weighted by Gasteiger charge is 2.30. The lowest BCUT2D eigenvalue weighted by Gasteiger charge is -2.14. The zero-order valence-electron chi connectivity index (χ0n) is 10.6. The van der Waals surface area contributed by atoms with Crippen LogP contribution in [0.5, 0.6) is 0 Å². The summed E-state index contributed by atoms with van der Waals surface area (Å²) < 4.78 is 37.4. The van der Waals surface area contributed by atoms with Crippen LogP contribution in [0.3, 0.4) is 0 Å². The molecule has 0 radical (unpaired) electrons. The Hall–Kier alpha value is -1.05. The summed E-state index contributed by atoms with van der Waals surface area (Å²) in [6, 6.07) is 4.44. The molecule has 0 aliphatic rings. The summed E-state index contributed by atoms with van der Waals surface area (Å²) in [4.78, 5) is 5.00. The molecule has 1 atom stereocenters. The Morgan fingerprint density at radius 3 is 2.55 bits per heavy atom. The maximum atomic E-state index is 12.5. The number of rotatable bonds is 4. The van der Waals surface area contributed by atoms with E-state index in [0.29, 0.717) is 11.6 Å². The molecular weight excluding hydrogens is 305 g/mol. The van der Waals surface area contributed by atoms with Crippen LogP contribution < -0.4 is 5.73 Å². The van der Waals surface area contributed by atoms with Gasteiger partial charge in [0.25, 0.3) is 0 Å². The molecule has 0 saturated heterocycles. The molecule has 1 unspecified atom stereocenters. The van der Waals surface area contributed by atoms with Crippen LogP contribution in [0.2, 0.25) is 0 Å². The van der Waals surface area contributed by atoms with E-state index in [9.17, 15) is 13.2 Å². The largest absolute Gasteiger partial charge is 0.417 e. The summed E-state index contributed by atoms with van der Waals surface area (Å²) >= 11 is 2.99. The summed E-state index contributed by atoms with van der Waals surface area (Å²) in [5.74, 6) is 0. The third-order valence-corrected chi connectivity index (χ3v) is 5.21. The molecule has 2 aromatic heterocycles. The van der Waals surface area contributed by atoms with Gasteiger partial charge in [-0.15, -0.1) is 11.3 Å². The van der Waals surface area contributed by atoms with Crippen molar-refractivity contribution in [3.63, 3.8) is 0 Å². The molecule has 7 heteroatoms. The highest BCUT2D eigenvalue weighted by atomic mass is 32.2. The quantitative estimate of drug-likeness (QED) is 0.856. The molecule has 0 aromatic carbocycles. The van der Waals surface area contributed by atoms with E-state index in [2.05, 4.69) is 4.98 Å². The van der Waals surface area contributed by atoms with E-state index in [-0.39, 0.29) is 5.25 Å². The van der Waals surface area contributed by atoms with Crippen molar-refractivity contribution in [2.45, 2.75) is 23.4 Å². The molecule has 2 aromatic rings. The number of thioether (sulfide) groups is 1. The molecule has 2 heterocycles. The van der Waals surface area contributed by atoms with Crippen molar-refractivity contribution in [2.24, 2.45) is 5.73 Å². The van der Waals surface area contributed by atoms with Gasteiger partial charge in [0.15, 0.2) is 0 Å². The van der Waals surface area contributed by atoms with Gasteiger partial charge < -0.3 is 5.73 Å². The highest BCUT2D eigenvalue weighted by Crippen LogP contribution is 2.38. The van der Waals surface area contributed by atoms with Crippen LogP contribution in [0.4, 0.5) is 13.2 Å². The van der Waals surface area contributed by atoms with E-state index < -0.39 is 11.7 Å². The molecule has 0 aliphatic carbocycles. The Kier molecular flexibility index (Phi) is 4.72. The second-order valence-electron chi connectivity index (χ2n) is 4.19. The van der Waals surface area contributed by atoms with E-state index >= 15 is 0 Å². The first-order valence-corrected chi connectivity index (χ1v) is 7.61. The molecule has 0 bridgehead atoms. The lowest BCUT2D eigenvalue weighted by atomic mass is 10.2. The van der Waals surface area contributed by atoms with E-state index in [1.165, 1.54) is 17.8 Å². The average Bonchev–Trinajstić information content (AvgIpc) is 2.82. The van der Waals surface area contributed by atoms with Gasteiger partial charge in [-0.05, 0) is 36.1 Å². The third-order valence-electron chi connectivity index (χ3n) is 2.73. The van der Waals surface area contributed by atoms with Crippen molar-refractivity contribution in [2.75, 3.05) is 6.54 Å². The zero-order chi connectivity index (χ0) is 14.8. The van der Waals surface area contributed by atoms with Gasteiger partial charge in [-0.3, -0.25) is 0 Å². The first-order valence-electron chi connectivity index (χ1n) is 5.85. The zero-order valence-corrected chi connectivity index (χ0v) is 12.3. The Labute approximate surface area is 123 Å². The maximum Gasteiger partial charge on any atom is 0.417 e. The number of aromatic nitrogens is 1. The predicted molar refractivity (Wildman–Crippen MR) is 75.9 cm³/mol. The van der Waals surface area contributed by atoms with Gasteiger partial charge in [-0.2, -0.15) is 13.2 Å². The van der Waals surface area contributed by atoms with Gasteiger partial charge in [-0.25, -0.2) is 4.98 Å². The fourth-order valence-corrected chi connectivity index (χ4v) is 3.86. The van der Waals surface area contributed by atoms with Gasteiger partial charge in [0.2, 0.25) is 0 Å². The van der Waals surface area contributed by atoms with Crippen molar-refractivity contribution < 1.29 is 13.2 Å². The van der Waals surface area contributed by atoms with Crippen molar-refractivity contribution in [1.29, 1.82) is 0 Å². The van der Waals surface area contributed by atoms with Crippen molar-refractivity contribution >= 4 is 23.1 Å². The molecule has 2 rings (SSSR count). The summed E-state index contributed by atoms with van der Waals surface area (Å²) in [6.45, 7) is 2.41. The van der Waals surface area contributed by atoms with Crippen LogP contribution >= 0.6 is 23.1 Å². The molecule has 20 heavy (non-hydrogen) atoms. The maximum absolute atomic E-state index is 12.5. The van der Waals surface area contributed by atoms with Crippen LogP contribution in [0.25, 0.3) is 0 Å². The first-order chi connectivity index (χ1) is 9.41. The van der Waals surface area contributed by atoms with E-state index in [0.717, 1.165) is 22.7 Å². The summed E-state index contributed by atoms with van der Waals surface area (Å²) in [6.07, 6.45) is -3.50. The Morgan fingerprint density at radius 1 is 1.35 bits per heavy atom. The number of alkyl halides is 3. The Balaban J connectivity index is 2.15. The Bertz CT molecular complexity index is 564. The molecule has 108 valence electrons. The van der Waals surface area contributed by atoms with Crippen LogP contribution in [0.1, 0.15) is 21.3 Å². The molecule has 0 spiro atoms. The number of thiophene rings is 1. The van der Waals surface area contributed by atoms with E-state index in [4.69, 9.17) is 5.73 Å². The summed E-state index contributed by atoms with van der Waals surface area (Å²) in [7, 11) is 0. The Morgan fingerprint density at radius 2 is 2.10 bits per heavy atom. The number of nitrogens with zero attached hydrogens (tertiary/aromatic N) is 1. The van der Waals surface area contributed by atoms with Crippen molar-refractivity contribution in [3.8, 4) is 0 Å². The number of aryl methyl sites for hydroxylation is 1. The van der Waals surface area contributed by atoms with Crippen molar-refractivity contribution in [3.05, 3.63) is 45.8 Å². The predicted octanol–water partition coefficient (Wildman–Crippen LogP) is 4.26. The number of halogens is 3. The van der Waals surface area contributed by atoms with Gasteiger partial charge >= 0.3 is 6.18 Å². The van der Waals surface area contributed by atoms with Crippen LogP contribution in [0, 0.1) is 6.92 Å². The van der Waals surface area contributed by atoms with Gasteiger partial charge in [0, 0.05) is 17.6 Å². The van der Waals surface area contributed by atoms with E-state index in [1.807, 2.05) is 18.4 Å². The average molecular weight is 318 g/mol. The molecule has 0 aliphatic heterocycles. The normalized spacial score (nSPS) is 13.4. The minimum absolute atomic E-state index is 0.0132. The second-order valence-corrected chi connectivity index (χ2v) is 6.36. The molecule has 2 N–H and O–H groups in total. The number of pyridine rings is 1. The molecule has 2 nitrogen and oxygen atoms in total. The topological polar surface area (TPSA) is 38.9 Å². The minimum Gasteiger partial charge on any atom is -0.329 e. The van der Waals surface area contributed by atoms with Gasteiger partial charge in [0.1, 0.15) is 0 Å². The second kappa shape index (κ2) is 6.15. The smallest absolute Gasteiger partial charge is 0.329 e. The fraction of sp³-hybridized carbons (Fsp3) is 0.308. The number of hydrogen-bond acceptors (Lipinski definition) is 4. The summed E-state index contributed by atoms with van der Waals surface area (Å²) in [5, 5.41) is 2.54. The minimum atomic E-state index is -4.35. The van der Waals surface area contributed by atoms with Crippen LogP contribution in [-0.4, -0.2) is 11.5 Å². The molecular formula is C13H13F3N2S2. The standard InChI is InChI=1S/C13H13F3N2S2/c1-8-4-5-19-12(8)10(6-17)20-11-3-2-9(7-18-11)13(14,15)16/h2-5,7,10H,6,17H2,1H3. The third kappa shape index (κ3) is 3.53. The van der Waals surface area contributed by atoms with Crippen molar-refractivity contribution in [1.82, 2.24) is 4.98 Å². The van der Waals surface area contributed by atoms with Crippen LogP contribution in [0.15, 0.2) is 34.8 Å². The van der Waals surface area contributed by atoms with Gasteiger partial charge in [0.05, 0.1) is 15.8 Å². The molecule has 0 saturated carbocycles. The highest BCUT2D eigenvalue weighted by molar-refractivity contribution is 7.99.